The van der Waals surface area contributed by atoms with Crippen molar-refractivity contribution < 1.29 is 56.1 Å². The van der Waals surface area contributed by atoms with Crippen LogP contribution in [0.15, 0.2) is 72.2 Å². The van der Waals surface area contributed by atoms with Crippen LogP contribution in [0.3, 0.4) is 0 Å². The Morgan fingerprint density at radius 1 is 0.913 bits per heavy atom. The minimum atomic E-state index is -4.87. The van der Waals surface area contributed by atoms with E-state index in [1.165, 1.54) is 24.8 Å². The largest absolute Gasteiger partial charge is 0.491 e. The Kier molecular flexibility index (Phi) is 16.8. The SMILES string of the molecule is Cc1ncsc1-c1ccc(CNC(=O)[C@@H]2CCCN2C(=O)C(NC(=O)COCCOCCOCCOc2ccc(N3C(=O)N(c4ccc(C#N)c(C(F)(F)F)c4)C(=O)C3(C)C)cc2)C(C)(C)C)cc1. The maximum atomic E-state index is 13.9. The molecule has 1 unspecified atom stereocenters. The van der Waals surface area contributed by atoms with E-state index in [9.17, 15) is 37.1 Å². The van der Waals surface area contributed by atoms with Crippen molar-refractivity contribution in [2.45, 2.75) is 84.7 Å². The molecule has 6 amide bonds. The topological polar surface area (TPSA) is 193 Å². The maximum absolute atomic E-state index is 13.9. The summed E-state index contributed by atoms with van der Waals surface area (Å²) in [5.74, 6) is -1.34. The highest BCUT2D eigenvalue weighted by molar-refractivity contribution is 7.13. The minimum absolute atomic E-state index is 0.115. The molecule has 3 heterocycles. The van der Waals surface area contributed by atoms with E-state index in [1.54, 1.807) is 40.5 Å². The van der Waals surface area contributed by atoms with Crippen LogP contribution < -0.4 is 25.2 Å². The molecule has 368 valence electrons. The number of benzene rings is 3. The standard InChI is InChI=1S/C49H56F3N7O9S/c1-31-41(69-30-55-31)33-11-9-32(10-12-33)28-54-43(61)39-8-7-19-57(39)44(62)42(47(2,3)4)56-40(60)29-67-23-22-65-20-21-66-24-25-68-37-17-15-35(16-18-37)59-46(64)58(45(63)48(59,5)6)36-14-13-34(27-53)38(26-36)49(50,51)52/h9-18,26,30,39,42H,7-8,19-25,28-29H2,1-6H3,(H,54,61)(H,56,60)/t39-,42?/m0/s1. The number of halogens is 3. The number of imide groups is 1. The first-order chi connectivity index (χ1) is 32.7. The molecule has 2 saturated heterocycles. The number of carbonyl (C=O) groups excluding carboxylic acids is 5. The summed E-state index contributed by atoms with van der Waals surface area (Å²) >= 11 is 1.58. The zero-order valence-electron chi connectivity index (χ0n) is 39.3. The van der Waals surface area contributed by atoms with Gasteiger partial charge in [0, 0.05) is 18.8 Å². The van der Waals surface area contributed by atoms with E-state index in [1.807, 2.05) is 57.5 Å². The van der Waals surface area contributed by atoms with E-state index in [4.69, 9.17) is 24.2 Å². The highest BCUT2D eigenvalue weighted by atomic mass is 32.1. The van der Waals surface area contributed by atoms with Crippen LogP contribution in [0.5, 0.6) is 5.75 Å². The lowest BCUT2D eigenvalue weighted by molar-refractivity contribution is -0.144. The van der Waals surface area contributed by atoms with Crippen molar-refractivity contribution in [2.24, 2.45) is 5.41 Å². The second-order valence-electron chi connectivity index (χ2n) is 18.0. The third-order valence-electron chi connectivity index (χ3n) is 11.6. The van der Waals surface area contributed by atoms with Crippen molar-refractivity contribution in [3.8, 4) is 22.3 Å². The van der Waals surface area contributed by atoms with Gasteiger partial charge in [-0.05, 0) is 92.6 Å². The van der Waals surface area contributed by atoms with E-state index in [0.717, 1.165) is 33.8 Å². The van der Waals surface area contributed by atoms with Gasteiger partial charge in [0.2, 0.25) is 17.7 Å². The molecule has 0 radical (unpaired) electrons. The highest BCUT2D eigenvalue weighted by Gasteiger charge is 2.53. The number of aryl methyl sites for hydroxylation is 1. The van der Waals surface area contributed by atoms with Crippen LogP contribution >= 0.6 is 11.3 Å². The Hall–Kier alpha value is -6.40. The highest BCUT2D eigenvalue weighted by Crippen LogP contribution is 2.40. The van der Waals surface area contributed by atoms with E-state index in [-0.39, 0.29) is 63.7 Å². The predicted molar refractivity (Wildman–Crippen MR) is 250 cm³/mol. The number of urea groups is 1. The summed E-state index contributed by atoms with van der Waals surface area (Å²) in [5.41, 5.74) is 0.799. The van der Waals surface area contributed by atoms with E-state index < -0.39 is 58.2 Å². The molecule has 0 spiro atoms. The summed E-state index contributed by atoms with van der Waals surface area (Å²) in [6.45, 7) is 12.1. The average molecular weight is 976 g/mol. The molecule has 4 aromatic rings. The van der Waals surface area contributed by atoms with Crippen LogP contribution in [0.4, 0.5) is 29.3 Å². The summed E-state index contributed by atoms with van der Waals surface area (Å²) in [6, 6.07) is 16.0. The molecule has 1 aromatic heterocycles. The maximum Gasteiger partial charge on any atom is 0.417 e. The van der Waals surface area contributed by atoms with E-state index in [2.05, 4.69) is 15.6 Å². The summed E-state index contributed by atoms with van der Waals surface area (Å²) in [5, 5.41) is 15.0. The van der Waals surface area contributed by atoms with Crippen molar-refractivity contribution in [3.05, 3.63) is 94.6 Å². The molecular formula is C49H56F3N7O9S. The number of anilines is 2. The molecular weight excluding hydrogens is 920 g/mol. The van der Waals surface area contributed by atoms with Crippen LogP contribution in [0, 0.1) is 23.7 Å². The van der Waals surface area contributed by atoms with Crippen molar-refractivity contribution >= 4 is 52.4 Å². The van der Waals surface area contributed by atoms with Gasteiger partial charge in [0.15, 0.2) is 0 Å². The number of hydrogen-bond acceptors (Lipinski definition) is 12. The number of likely N-dealkylation sites (tertiary alicyclic amines) is 1. The fraction of sp³-hybridized carbons (Fsp3) is 0.449. The third-order valence-corrected chi connectivity index (χ3v) is 12.6. The van der Waals surface area contributed by atoms with Gasteiger partial charge >= 0.3 is 12.2 Å². The smallest absolute Gasteiger partial charge is 0.417 e. The molecule has 2 aliphatic heterocycles. The van der Waals surface area contributed by atoms with Crippen molar-refractivity contribution in [1.29, 1.82) is 5.26 Å². The third kappa shape index (κ3) is 12.6. The van der Waals surface area contributed by atoms with Gasteiger partial charge in [-0.2, -0.15) is 18.4 Å². The Labute approximate surface area is 402 Å². The molecule has 6 rings (SSSR count). The van der Waals surface area contributed by atoms with Gasteiger partial charge in [-0.15, -0.1) is 11.3 Å². The average Bonchev–Trinajstić information content (AvgIpc) is 4.02. The van der Waals surface area contributed by atoms with E-state index in [0.29, 0.717) is 48.3 Å². The molecule has 3 aromatic carbocycles. The van der Waals surface area contributed by atoms with Crippen molar-refractivity contribution in [3.63, 3.8) is 0 Å². The molecule has 2 atom stereocenters. The number of nitriles is 1. The van der Waals surface area contributed by atoms with Crippen LogP contribution in [-0.4, -0.2) is 110 Å². The first kappa shape index (κ1) is 52.0. The number of nitrogens with zero attached hydrogens (tertiary/aromatic N) is 5. The zero-order chi connectivity index (χ0) is 50.1. The van der Waals surface area contributed by atoms with Crippen LogP contribution in [0.1, 0.15) is 69.8 Å². The van der Waals surface area contributed by atoms with Gasteiger partial charge in [0.05, 0.1) is 72.0 Å². The first-order valence-corrected chi connectivity index (χ1v) is 23.2. The van der Waals surface area contributed by atoms with Gasteiger partial charge in [-0.25, -0.2) is 14.7 Å². The van der Waals surface area contributed by atoms with Gasteiger partial charge in [-0.3, -0.25) is 24.1 Å². The summed E-state index contributed by atoms with van der Waals surface area (Å²) < 4.78 is 63.3. The first-order valence-electron chi connectivity index (χ1n) is 22.4. The number of thiazole rings is 1. The van der Waals surface area contributed by atoms with Crippen molar-refractivity contribution in [1.82, 2.24) is 20.5 Å². The van der Waals surface area contributed by atoms with Crippen LogP contribution in [0.2, 0.25) is 0 Å². The quantitative estimate of drug-likeness (QED) is 0.0683. The molecule has 0 bridgehead atoms. The van der Waals surface area contributed by atoms with Gasteiger partial charge in [0.1, 0.15) is 36.6 Å². The molecule has 16 nitrogen and oxygen atoms in total. The Morgan fingerprint density at radius 2 is 1.55 bits per heavy atom. The number of ether oxygens (including phenoxy) is 4. The number of carbonyl (C=O) groups is 5. The lowest BCUT2D eigenvalue weighted by atomic mass is 9.85. The Morgan fingerprint density at radius 3 is 2.16 bits per heavy atom. The summed E-state index contributed by atoms with van der Waals surface area (Å²) in [4.78, 5) is 75.9. The zero-order valence-corrected chi connectivity index (χ0v) is 40.1. The molecule has 2 aliphatic rings. The monoisotopic (exact) mass is 975 g/mol. The normalized spacial score (nSPS) is 16.4. The summed E-state index contributed by atoms with van der Waals surface area (Å²) in [6.07, 6.45) is -3.69. The predicted octanol–water partition coefficient (Wildman–Crippen LogP) is 7.03. The number of alkyl halides is 3. The number of amides is 6. The van der Waals surface area contributed by atoms with Crippen LogP contribution in [-0.2, 0) is 46.1 Å². The molecule has 0 aliphatic carbocycles. The number of aromatic nitrogens is 1. The second kappa shape index (κ2) is 22.4. The minimum Gasteiger partial charge on any atom is -0.491 e. The van der Waals surface area contributed by atoms with Gasteiger partial charge < -0.3 is 34.5 Å². The Bertz CT molecular complexity index is 2520. The lowest BCUT2D eigenvalue weighted by Gasteiger charge is -2.35. The molecule has 20 heteroatoms. The molecule has 2 fully saturated rings. The molecule has 0 saturated carbocycles. The fourth-order valence-electron chi connectivity index (χ4n) is 7.95. The lowest BCUT2D eigenvalue weighted by Crippen LogP contribution is -2.58. The molecule has 2 N–H and O–H groups in total. The van der Waals surface area contributed by atoms with E-state index >= 15 is 0 Å². The fourth-order valence-corrected chi connectivity index (χ4v) is 8.77. The van der Waals surface area contributed by atoms with Gasteiger partial charge in [-0.1, -0.05) is 45.0 Å². The number of rotatable bonds is 20. The second-order valence-corrected chi connectivity index (χ2v) is 18.9. The number of nitrogens with one attached hydrogen (secondary N) is 2. The number of hydrogen-bond donors (Lipinski definition) is 2. The Balaban J connectivity index is 0.857. The van der Waals surface area contributed by atoms with Crippen molar-refractivity contribution in [2.75, 3.05) is 62.6 Å². The van der Waals surface area contributed by atoms with Crippen LogP contribution in [0.25, 0.3) is 10.4 Å². The molecule has 69 heavy (non-hydrogen) atoms. The summed E-state index contributed by atoms with van der Waals surface area (Å²) in [7, 11) is 0. The van der Waals surface area contributed by atoms with Gasteiger partial charge in [0.25, 0.3) is 5.91 Å².